The molecule has 2 amide bonds. The van der Waals surface area contributed by atoms with Gasteiger partial charge in [0.2, 0.25) is 0 Å². The van der Waals surface area contributed by atoms with Crippen molar-refractivity contribution in [2.45, 2.75) is 51.1 Å². The lowest BCUT2D eigenvalue weighted by Crippen LogP contribution is -2.58. The van der Waals surface area contributed by atoms with E-state index < -0.39 is 0 Å². The number of phenolic OH excluding ortho intramolecular Hbond substituents is 1. The van der Waals surface area contributed by atoms with Crippen molar-refractivity contribution in [1.82, 2.24) is 9.80 Å². The summed E-state index contributed by atoms with van der Waals surface area (Å²) >= 11 is 0. The number of hydrogen-bond donors (Lipinski definition) is 2. The highest BCUT2D eigenvalue weighted by molar-refractivity contribution is 5.90. The summed E-state index contributed by atoms with van der Waals surface area (Å²) < 4.78 is 0. The summed E-state index contributed by atoms with van der Waals surface area (Å²) in [6.07, 6.45) is 1.87. The Morgan fingerprint density at radius 2 is 1.88 bits per heavy atom. The average Bonchev–Trinajstić information content (AvgIpc) is 2.94. The van der Waals surface area contributed by atoms with Crippen molar-refractivity contribution < 1.29 is 9.90 Å². The summed E-state index contributed by atoms with van der Waals surface area (Å²) in [5.74, 6) is 0.269. The summed E-state index contributed by atoms with van der Waals surface area (Å²) in [4.78, 5) is 17.8. The molecule has 6 nitrogen and oxygen atoms in total. The smallest absolute Gasteiger partial charge is 0.322 e. The SMILES string of the molecule is CCN(C(=O)Nc1ccc(C#N)cc1)[C@H]1C(N(C)C)C2(C)Cc3ccc(O)cc3[C@@]1(C)C2. The Kier molecular flexibility index (Phi) is 5.42. The Morgan fingerprint density at radius 3 is 2.47 bits per heavy atom. The molecule has 0 spiro atoms. The predicted molar refractivity (Wildman–Crippen MR) is 126 cm³/mol. The number of nitrogens with one attached hydrogen (secondary N) is 1. The molecule has 0 aliphatic heterocycles. The number of carbonyl (C=O) groups is 1. The van der Waals surface area contributed by atoms with Crippen molar-refractivity contribution in [2.24, 2.45) is 5.41 Å². The third-order valence-electron chi connectivity index (χ3n) is 7.50. The molecule has 32 heavy (non-hydrogen) atoms. The second-order valence-electron chi connectivity index (χ2n) is 10.0. The lowest BCUT2D eigenvalue weighted by Gasteiger charge is -2.44. The number of phenols is 1. The molecule has 168 valence electrons. The van der Waals surface area contributed by atoms with E-state index in [1.807, 2.05) is 24.0 Å². The maximum absolute atomic E-state index is 13.5. The van der Waals surface area contributed by atoms with Crippen LogP contribution in [-0.4, -0.2) is 53.7 Å². The zero-order valence-electron chi connectivity index (χ0n) is 19.5. The molecule has 0 saturated heterocycles. The third kappa shape index (κ3) is 3.41. The first-order chi connectivity index (χ1) is 15.1. The molecule has 4 rings (SSSR count). The number of fused-ring (bicyclic) bond motifs is 4. The Labute approximate surface area is 190 Å². The molecular formula is C26H32N4O2. The van der Waals surface area contributed by atoms with E-state index >= 15 is 0 Å². The lowest BCUT2D eigenvalue weighted by molar-refractivity contribution is 0.0863. The van der Waals surface area contributed by atoms with Gasteiger partial charge in [0, 0.05) is 23.7 Å². The summed E-state index contributed by atoms with van der Waals surface area (Å²) in [5.41, 5.74) is 3.36. The number of nitrogens with zero attached hydrogens (tertiary/aromatic N) is 3. The van der Waals surface area contributed by atoms with Gasteiger partial charge in [0.25, 0.3) is 0 Å². The van der Waals surface area contributed by atoms with E-state index in [4.69, 9.17) is 5.26 Å². The molecular weight excluding hydrogens is 400 g/mol. The first-order valence-corrected chi connectivity index (χ1v) is 11.2. The number of aromatic hydroxyl groups is 1. The van der Waals surface area contributed by atoms with Crippen LogP contribution in [0.3, 0.4) is 0 Å². The molecule has 1 fully saturated rings. The summed E-state index contributed by atoms with van der Waals surface area (Å²) in [7, 11) is 4.20. The van der Waals surface area contributed by atoms with Crippen LogP contribution >= 0.6 is 0 Å². The van der Waals surface area contributed by atoms with Gasteiger partial charge < -0.3 is 20.2 Å². The Morgan fingerprint density at radius 1 is 1.19 bits per heavy atom. The monoisotopic (exact) mass is 432 g/mol. The van der Waals surface area contributed by atoms with Gasteiger partial charge >= 0.3 is 6.03 Å². The van der Waals surface area contributed by atoms with Crippen LogP contribution in [0, 0.1) is 16.7 Å². The Bertz CT molecular complexity index is 1070. The normalized spacial score (nSPS) is 28.2. The largest absolute Gasteiger partial charge is 0.508 e. The van der Waals surface area contributed by atoms with Gasteiger partial charge in [-0.15, -0.1) is 0 Å². The number of urea groups is 1. The minimum absolute atomic E-state index is 0.00896. The van der Waals surface area contributed by atoms with Gasteiger partial charge in [0.1, 0.15) is 5.75 Å². The minimum atomic E-state index is -0.284. The van der Waals surface area contributed by atoms with Crippen LogP contribution in [0.15, 0.2) is 42.5 Å². The fraction of sp³-hybridized carbons (Fsp3) is 0.462. The van der Waals surface area contributed by atoms with Crippen LogP contribution in [0.1, 0.15) is 43.9 Å². The molecule has 2 bridgehead atoms. The minimum Gasteiger partial charge on any atom is -0.508 e. The van der Waals surface area contributed by atoms with Gasteiger partial charge in [0.15, 0.2) is 0 Å². The Balaban J connectivity index is 1.75. The number of hydrogen-bond acceptors (Lipinski definition) is 4. The topological polar surface area (TPSA) is 79.6 Å². The maximum Gasteiger partial charge on any atom is 0.322 e. The molecule has 4 atom stereocenters. The van der Waals surface area contributed by atoms with Crippen molar-refractivity contribution >= 4 is 11.7 Å². The number of benzene rings is 2. The van der Waals surface area contributed by atoms with Crippen LogP contribution in [0.2, 0.25) is 0 Å². The van der Waals surface area contributed by atoms with E-state index in [0.717, 1.165) is 18.4 Å². The molecule has 2 aliphatic rings. The molecule has 0 radical (unpaired) electrons. The van der Waals surface area contributed by atoms with Gasteiger partial charge in [-0.25, -0.2) is 4.79 Å². The highest BCUT2D eigenvalue weighted by Crippen LogP contribution is 2.60. The first kappa shape index (κ1) is 22.2. The van der Waals surface area contributed by atoms with E-state index in [0.29, 0.717) is 17.8 Å². The molecule has 2 aliphatic carbocycles. The second kappa shape index (κ2) is 7.83. The van der Waals surface area contributed by atoms with E-state index in [1.54, 1.807) is 30.3 Å². The van der Waals surface area contributed by atoms with Crippen LogP contribution in [0.5, 0.6) is 5.75 Å². The zero-order chi connectivity index (χ0) is 23.3. The number of nitriles is 1. The van der Waals surface area contributed by atoms with Crippen molar-refractivity contribution in [3.63, 3.8) is 0 Å². The molecule has 2 aromatic carbocycles. The fourth-order valence-electron chi connectivity index (χ4n) is 6.59. The maximum atomic E-state index is 13.5. The van der Waals surface area contributed by atoms with Crippen molar-refractivity contribution in [2.75, 3.05) is 26.0 Å². The lowest BCUT2D eigenvalue weighted by atomic mass is 9.66. The van der Waals surface area contributed by atoms with E-state index in [1.165, 1.54) is 5.56 Å². The summed E-state index contributed by atoms with van der Waals surface area (Å²) in [5, 5.41) is 22.3. The van der Waals surface area contributed by atoms with Gasteiger partial charge in [0.05, 0.1) is 17.7 Å². The van der Waals surface area contributed by atoms with Crippen molar-refractivity contribution in [3.05, 3.63) is 59.2 Å². The predicted octanol–water partition coefficient (Wildman–Crippen LogP) is 4.34. The fourth-order valence-corrected chi connectivity index (χ4v) is 6.59. The highest BCUT2D eigenvalue weighted by atomic mass is 16.3. The highest BCUT2D eigenvalue weighted by Gasteiger charge is 2.63. The zero-order valence-corrected chi connectivity index (χ0v) is 19.5. The van der Waals surface area contributed by atoms with Gasteiger partial charge in [-0.3, -0.25) is 0 Å². The summed E-state index contributed by atoms with van der Waals surface area (Å²) in [6, 6.07) is 14.7. The van der Waals surface area contributed by atoms with Crippen molar-refractivity contribution in [1.29, 1.82) is 5.26 Å². The molecule has 0 heterocycles. The number of carbonyl (C=O) groups excluding carboxylic acids is 1. The average molecular weight is 433 g/mol. The standard InChI is InChI=1S/C26H32N4O2/c1-6-30(24(32)28-19-10-7-17(15-27)8-11-19)23-22(29(4)5)25(2)14-18-9-12-20(31)13-21(18)26(23,3)16-25/h7-13,22-23,31H,6,14,16H2,1-5H3,(H,28,32)/t22?,23-,25?,26+/m0/s1. The molecule has 2 N–H and O–H groups in total. The van der Waals surface area contributed by atoms with E-state index in [2.05, 4.69) is 44.2 Å². The van der Waals surface area contributed by atoms with E-state index in [-0.39, 0.29) is 34.7 Å². The van der Waals surface area contributed by atoms with Crippen LogP contribution in [-0.2, 0) is 11.8 Å². The van der Waals surface area contributed by atoms with Crippen LogP contribution in [0.25, 0.3) is 0 Å². The van der Waals surface area contributed by atoms with Gasteiger partial charge in [-0.05, 0) is 86.8 Å². The summed E-state index contributed by atoms with van der Waals surface area (Å²) in [6.45, 7) is 7.16. The third-order valence-corrected chi connectivity index (χ3v) is 7.50. The van der Waals surface area contributed by atoms with Crippen LogP contribution in [0.4, 0.5) is 10.5 Å². The number of likely N-dealkylation sites (N-methyl/N-ethyl adjacent to an activating group) is 2. The van der Waals surface area contributed by atoms with Crippen LogP contribution < -0.4 is 5.32 Å². The number of anilines is 1. The van der Waals surface area contributed by atoms with Crippen molar-refractivity contribution in [3.8, 4) is 11.8 Å². The van der Waals surface area contributed by atoms with Gasteiger partial charge in [-0.2, -0.15) is 5.26 Å². The molecule has 2 aromatic rings. The molecule has 1 saturated carbocycles. The number of rotatable bonds is 4. The quantitative estimate of drug-likeness (QED) is 0.753. The first-order valence-electron chi connectivity index (χ1n) is 11.2. The molecule has 2 unspecified atom stereocenters. The number of amides is 2. The van der Waals surface area contributed by atoms with E-state index in [9.17, 15) is 9.90 Å². The molecule has 6 heteroatoms. The Hall–Kier alpha value is -3.04. The second-order valence-corrected chi connectivity index (χ2v) is 10.0. The van der Waals surface area contributed by atoms with Gasteiger partial charge in [-0.1, -0.05) is 19.9 Å². The molecule has 0 aromatic heterocycles.